The summed E-state index contributed by atoms with van der Waals surface area (Å²) in [6.45, 7) is 0. The highest BCUT2D eigenvalue weighted by molar-refractivity contribution is 9.10. The van der Waals surface area contributed by atoms with E-state index in [4.69, 9.17) is 5.73 Å². The number of halogens is 1. The SMILES string of the molecule is Cn1cc(NC(=O)c2sc3cc(Br)ccc3c2N)cn1. The van der Waals surface area contributed by atoms with E-state index < -0.39 is 0 Å². The molecule has 7 heteroatoms. The van der Waals surface area contributed by atoms with E-state index in [0.717, 1.165) is 14.6 Å². The van der Waals surface area contributed by atoms with Crippen LogP contribution in [0, 0.1) is 0 Å². The van der Waals surface area contributed by atoms with Crippen molar-refractivity contribution in [3.05, 3.63) is 39.9 Å². The average Bonchev–Trinajstić information content (AvgIpc) is 2.94. The van der Waals surface area contributed by atoms with Crippen LogP contribution in [0.25, 0.3) is 10.1 Å². The van der Waals surface area contributed by atoms with Crippen LogP contribution in [0.4, 0.5) is 11.4 Å². The summed E-state index contributed by atoms with van der Waals surface area (Å²) in [7, 11) is 1.79. The number of nitrogens with zero attached hydrogens (tertiary/aromatic N) is 2. The minimum atomic E-state index is -0.215. The lowest BCUT2D eigenvalue weighted by Gasteiger charge is -2.00. The van der Waals surface area contributed by atoms with Gasteiger partial charge in [0.05, 0.1) is 17.6 Å². The number of hydrogen-bond donors (Lipinski definition) is 2. The zero-order chi connectivity index (χ0) is 14.3. The van der Waals surface area contributed by atoms with E-state index in [0.29, 0.717) is 16.3 Å². The van der Waals surface area contributed by atoms with Crippen LogP contribution in [0.3, 0.4) is 0 Å². The molecular formula is C13H11BrN4OS. The molecule has 20 heavy (non-hydrogen) atoms. The van der Waals surface area contributed by atoms with Gasteiger partial charge in [-0.3, -0.25) is 9.48 Å². The van der Waals surface area contributed by atoms with E-state index in [1.165, 1.54) is 11.3 Å². The topological polar surface area (TPSA) is 72.9 Å². The first-order valence-electron chi connectivity index (χ1n) is 5.82. The predicted molar refractivity (Wildman–Crippen MR) is 85.1 cm³/mol. The quantitative estimate of drug-likeness (QED) is 0.745. The Morgan fingerprint density at radius 3 is 3.00 bits per heavy atom. The van der Waals surface area contributed by atoms with Crippen LogP contribution in [0.5, 0.6) is 0 Å². The Bertz CT molecular complexity index is 808. The lowest BCUT2D eigenvalue weighted by molar-refractivity contribution is 0.103. The van der Waals surface area contributed by atoms with Gasteiger partial charge in [-0.2, -0.15) is 5.10 Å². The standard InChI is InChI=1S/C13H11BrN4OS/c1-18-6-8(5-16-18)17-13(19)12-11(15)9-3-2-7(14)4-10(9)20-12/h2-6H,15H2,1H3,(H,17,19). The molecule has 0 unspecified atom stereocenters. The van der Waals surface area contributed by atoms with Gasteiger partial charge in [-0.15, -0.1) is 11.3 Å². The molecule has 1 amide bonds. The number of thiophene rings is 1. The van der Waals surface area contributed by atoms with Gasteiger partial charge >= 0.3 is 0 Å². The summed E-state index contributed by atoms with van der Waals surface area (Å²) in [5.74, 6) is -0.215. The summed E-state index contributed by atoms with van der Waals surface area (Å²) in [6, 6.07) is 5.78. The van der Waals surface area contributed by atoms with Crippen molar-refractivity contribution in [2.24, 2.45) is 7.05 Å². The molecule has 3 N–H and O–H groups in total. The van der Waals surface area contributed by atoms with Gasteiger partial charge in [0, 0.05) is 27.8 Å². The number of carbonyl (C=O) groups is 1. The van der Waals surface area contributed by atoms with Crippen LogP contribution in [0.1, 0.15) is 9.67 Å². The fourth-order valence-corrected chi connectivity index (χ4v) is 3.50. The molecule has 0 atom stereocenters. The molecule has 2 heterocycles. The maximum atomic E-state index is 12.3. The molecule has 102 valence electrons. The number of nitrogens with two attached hydrogens (primary N) is 1. The molecule has 0 fully saturated rings. The van der Waals surface area contributed by atoms with Crippen molar-refractivity contribution >= 4 is 54.6 Å². The molecule has 0 radical (unpaired) electrons. The fourth-order valence-electron chi connectivity index (χ4n) is 1.93. The number of rotatable bonds is 2. The summed E-state index contributed by atoms with van der Waals surface area (Å²) in [5.41, 5.74) is 7.22. The molecule has 2 aromatic heterocycles. The predicted octanol–water partition coefficient (Wildman–Crippen LogP) is 3.23. The van der Waals surface area contributed by atoms with Crippen LogP contribution >= 0.6 is 27.3 Å². The fraction of sp³-hybridized carbons (Fsp3) is 0.0769. The van der Waals surface area contributed by atoms with Gasteiger partial charge in [-0.25, -0.2) is 0 Å². The Labute approximate surface area is 127 Å². The molecule has 3 rings (SSSR count). The first-order chi connectivity index (χ1) is 9.54. The molecule has 0 saturated heterocycles. The number of nitrogen functional groups attached to an aromatic ring is 1. The Kier molecular flexibility index (Phi) is 3.23. The van der Waals surface area contributed by atoms with Gasteiger partial charge in [-0.1, -0.05) is 22.0 Å². The van der Waals surface area contributed by atoms with Crippen molar-refractivity contribution < 1.29 is 4.79 Å². The molecule has 0 spiro atoms. The highest BCUT2D eigenvalue weighted by atomic mass is 79.9. The number of anilines is 2. The molecule has 1 aromatic carbocycles. The van der Waals surface area contributed by atoms with Crippen LogP contribution in [-0.4, -0.2) is 15.7 Å². The highest BCUT2D eigenvalue weighted by Gasteiger charge is 2.17. The number of aryl methyl sites for hydroxylation is 1. The maximum absolute atomic E-state index is 12.3. The molecule has 0 aliphatic heterocycles. The number of fused-ring (bicyclic) bond motifs is 1. The number of benzene rings is 1. The molecule has 0 bridgehead atoms. The van der Waals surface area contributed by atoms with Crippen molar-refractivity contribution in [2.45, 2.75) is 0 Å². The normalized spacial score (nSPS) is 10.9. The minimum Gasteiger partial charge on any atom is -0.397 e. The summed E-state index contributed by atoms with van der Waals surface area (Å²) in [4.78, 5) is 12.8. The Morgan fingerprint density at radius 1 is 1.50 bits per heavy atom. The van der Waals surface area contributed by atoms with Crippen molar-refractivity contribution in [1.29, 1.82) is 0 Å². The second-order valence-electron chi connectivity index (χ2n) is 4.34. The number of aromatic nitrogens is 2. The van der Waals surface area contributed by atoms with E-state index in [-0.39, 0.29) is 5.91 Å². The van der Waals surface area contributed by atoms with E-state index in [2.05, 4.69) is 26.3 Å². The molecular weight excluding hydrogens is 340 g/mol. The van der Waals surface area contributed by atoms with Crippen molar-refractivity contribution in [2.75, 3.05) is 11.1 Å². The lowest BCUT2D eigenvalue weighted by Crippen LogP contribution is -2.11. The van der Waals surface area contributed by atoms with Crippen LogP contribution in [-0.2, 0) is 7.05 Å². The minimum absolute atomic E-state index is 0.215. The van der Waals surface area contributed by atoms with Gasteiger partial charge in [0.15, 0.2) is 0 Å². The second-order valence-corrected chi connectivity index (χ2v) is 6.31. The van der Waals surface area contributed by atoms with Gasteiger partial charge in [0.1, 0.15) is 4.88 Å². The number of amides is 1. The van der Waals surface area contributed by atoms with Crippen LogP contribution < -0.4 is 11.1 Å². The molecule has 0 aliphatic carbocycles. The first-order valence-corrected chi connectivity index (χ1v) is 7.43. The zero-order valence-corrected chi connectivity index (χ0v) is 13.0. The third-order valence-corrected chi connectivity index (χ3v) is 4.52. The number of hydrogen-bond acceptors (Lipinski definition) is 4. The molecule has 0 saturated carbocycles. The number of nitrogens with one attached hydrogen (secondary N) is 1. The highest BCUT2D eigenvalue weighted by Crippen LogP contribution is 2.35. The third kappa shape index (κ3) is 2.30. The Hall–Kier alpha value is -1.86. The molecule has 5 nitrogen and oxygen atoms in total. The Morgan fingerprint density at radius 2 is 2.30 bits per heavy atom. The summed E-state index contributed by atoms with van der Waals surface area (Å²) < 4.78 is 3.57. The van der Waals surface area contributed by atoms with Crippen LogP contribution in [0.15, 0.2) is 35.1 Å². The van der Waals surface area contributed by atoms with E-state index in [9.17, 15) is 4.79 Å². The zero-order valence-electron chi connectivity index (χ0n) is 10.6. The van der Waals surface area contributed by atoms with Gasteiger partial charge < -0.3 is 11.1 Å². The second kappa shape index (κ2) is 4.92. The van der Waals surface area contributed by atoms with Crippen LogP contribution in [0.2, 0.25) is 0 Å². The molecule has 3 aromatic rings. The van der Waals surface area contributed by atoms with Crippen molar-refractivity contribution in [1.82, 2.24) is 9.78 Å². The largest absolute Gasteiger partial charge is 0.397 e. The maximum Gasteiger partial charge on any atom is 0.267 e. The van der Waals surface area contributed by atoms with Crippen molar-refractivity contribution in [3.63, 3.8) is 0 Å². The summed E-state index contributed by atoms with van der Waals surface area (Å²) >= 11 is 4.79. The third-order valence-electron chi connectivity index (χ3n) is 2.86. The van der Waals surface area contributed by atoms with E-state index in [1.54, 1.807) is 24.1 Å². The average molecular weight is 351 g/mol. The lowest BCUT2D eigenvalue weighted by atomic mass is 10.2. The Balaban J connectivity index is 1.97. The van der Waals surface area contributed by atoms with E-state index in [1.807, 2.05) is 18.2 Å². The summed E-state index contributed by atoms with van der Waals surface area (Å²) in [5, 5.41) is 7.70. The van der Waals surface area contributed by atoms with Gasteiger partial charge in [-0.05, 0) is 12.1 Å². The smallest absolute Gasteiger partial charge is 0.267 e. The van der Waals surface area contributed by atoms with Gasteiger partial charge in [0.25, 0.3) is 5.91 Å². The summed E-state index contributed by atoms with van der Waals surface area (Å²) in [6.07, 6.45) is 3.33. The first kappa shape index (κ1) is 13.1. The monoisotopic (exact) mass is 350 g/mol. The van der Waals surface area contributed by atoms with Gasteiger partial charge in [0.2, 0.25) is 0 Å². The van der Waals surface area contributed by atoms with Crippen molar-refractivity contribution in [3.8, 4) is 0 Å². The number of carbonyl (C=O) groups excluding carboxylic acids is 1. The van der Waals surface area contributed by atoms with E-state index >= 15 is 0 Å². The molecule has 0 aliphatic rings.